The number of pyridine rings is 1. The summed E-state index contributed by atoms with van der Waals surface area (Å²) in [7, 11) is 0. The fourth-order valence-corrected chi connectivity index (χ4v) is 7.39. The van der Waals surface area contributed by atoms with Crippen LogP contribution < -0.4 is 4.73 Å². The molecule has 8 nitrogen and oxygen atoms in total. The van der Waals surface area contributed by atoms with Crippen molar-refractivity contribution in [2.24, 2.45) is 5.92 Å². The molecule has 1 aromatic heterocycles. The first-order valence-corrected chi connectivity index (χ1v) is 16.8. The maximum Gasteiger partial charge on any atom is 0.261 e. The Bertz CT molecular complexity index is 1910. The van der Waals surface area contributed by atoms with Gasteiger partial charge in [0.2, 0.25) is 0 Å². The van der Waals surface area contributed by atoms with Gasteiger partial charge in [-0.05, 0) is 46.0 Å². The van der Waals surface area contributed by atoms with Crippen molar-refractivity contribution in [1.82, 2.24) is 4.90 Å². The number of aliphatic hydroxyl groups is 1. The summed E-state index contributed by atoms with van der Waals surface area (Å²) in [4.78, 5) is 27.5. The van der Waals surface area contributed by atoms with Crippen molar-refractivity contribution in [3.63, 3.8) is 0 Å². The second-order valence-electron chi connectivity index (χ2n) is 12.0. The third-order valence-electron chi connectivity index (χ3n) is 9.03. The maximum absolute atomic E-state index is 13.1. The number of ether oxygens (including phenoxy) is 2. The van der Waals surface area contributed by atoms with E-state index in [0.29, 0.717) is 21.9 Å². The summed E-state index contributed by atoms with van der Waals surface area (Å²) >= 11 is 1.45. The molecule has 0 bridgehead atoms. The summed E-state index contributed by atoms with van der Waals surface area (Å²) in [6.45, 7) is 2.22. The van der Waals surface area contributed by atoms with Gasteiger partial charge in [0.1, 0.15) is 0 Å². The SMILES string of the molecule is CC1C(CSc2cccc[n+]2[O-])OC(c2ccc(-c3ccccc3CN3C(=O)c4ccccc4C3=O)cc2)OC1c1ccc(CO)cc1. The van der Waals surface area contributed by atoms with E-state index in [4.69, 9.17) is 9.47 Å². The topological polar surface area (TPSA) is 103 Å². The minimum Gasteiger partial charge on any atom is -0.618 e. The second-order valence-corrected chi connectivity index (χ2v) is 13.1. The predicted molar refractivity (Wildman–Crippen MR) is 182 cm³/mol. The van der Waals surface area contributed by atoms with E-state index < -0.39 is 6.29 Å². The Hall–Kier alpha value is -4.80. The molecule has 0 radical (unpaired) electrons. The first kappa shape index (κ1) is 31.8. The largest absolute Gasteiger partial charge is 0.618 e. The zero-order chi connectivity index (χ0) is 33.2. The Morgan fingerprint density at radius 1 is 0.771 bits per heavy atom. The zero-order valence-corrected chi connectivity index (χ0v) is 27.1. The van der Waals surface area contributed by atoms with Gasteiger partial charge in [0.25, 0.3) is 16.8 Å². The van der Waals surface area contributed by atoms with Crippen molar-refractivity contribution < 1.29 is 28.9 Å². The molecule has 5 aromatic rings. The highest BCUT2D eigenvalue weighted by molar-refractivity contribution is 7.99. The number of aromatic nitrogens is 1. The van der Waals surface area contributed by atoms with Crippen LogP contribution in [0.3, 0.4) is 0 Å². The number of carbonyl (C=O) groups is 2. The molecule has 3 heterocycles. The second kappa shape index (κ2) is 13.7. The number of carbonyl (C=O) groups excluding carboxylic acids is 2. The van der Waals surface area contributed by atoms with Crippen LogP contribution in [0.4, 0.5) is 0 Å². The lowest BCUT2D eigenvalue weighted by Crippen LogP contribution is -2.39. The lowest BCUT2D eigenvalue weighted by atomic mass is 9.91. The molecule has 1 N–H and O–H groups in total. The van der Waals surface area contributed by atoms with E-state index in [1.54, 1.807) is 36.4 Å². The molecule has 48 heavy (non-hydrogen) atoms. The molecule has 9 heteroatoms. The Kier molecular flexibility index (Phi) is 9.10. The average molecular weight is 659 g/mol. The predicted octanol–water partition coefficient (Wildman–Crippen LogP) is 6.86. The van der Waals surface area contributed by atoms with E-state index in [-0.39, 0.29) is 43.1 Å². The molecule has 2 amide bonds. The molecule has 4 aromatic carbocycles. The van der Waals surface area contributed by atoms with Gasteiger partial charge in [0, 0.05) is 29.4 Å². The number of hydrogen-bond acceptors (Lipinski definition) is 7. The Morgan fingerprint density at radius 2 is 1.40 bits per heavy atom. The van der Waals surface area contributed by atoms with E-state index in [2.05, 4.69) is 6.92 Å². The van der Waals surface area contributed by atoms with Crippen molar-refractivity contribution in [3.8, 4) is 11.1 Å². The first-order chi connectivity index (χ1) is 23.4. The smallest absolute Gasteiger partial charge is 0.261 e. The molecule has 2 aliphatic heterocycles. The fraction of sp³-hybridized carbons (Fsp3) is 0.205. The highest BCUT2D eigenvalue weighted by Crippen LogP contribution is 2.43. The number of aliphatic hydroxyl groups excluding tert-OH is 1. The van der Waals surface area contributed by atoms with Crippen LogP contribution in [-0.4, -0.2) is 33.7 Å². The van der Waals surface area contributed by atoms with Crippen LogP contribution in [0.15, 0.2) is 126 Å². The summed E-state index contributed by atoms with van der Waals surface area (Å²) in [6, 6.07) is 35.8. The Balaban J connectivity index is 1.13. The van der Waals surface area contributed by atoms with E-state index >= 15 is 0 Å². The lowest BCUT2D eigenvalue weighted by Gasteiger charge is -2.41. The molecular formula is C39H34N2O6S. The van der Waals surface area contributed by atoms with Gasteiger partial charge < -0.3 is 19.8 Å². The average Bonchev–Trinajstić information content (AvgIpc) is 3.37. The van der Waals surface area contributed by atoms with Gasteiger partial charge in [-0.3, -0.25) is 14.5 Å². The number of nitrogens with zero attached hydrogens (tertiary/aromatic N) is 2. The molecule has 4 unspecified atom stereocenters. The highest BCUT2D eigenvalue weighted by Gasteiger charge is 2.39. The van der Waals surface area contributed by atoms with E-state index in [1.165, 1.54) is 22.9 Å². The quantitative estimate of drug-likeness (QED) is 0.0799. The monoisotopic (exact) mass is 658 g/mol. The van der Waals surface area contributed by atoms with Gasteiger partial charge in [-0.25, -0.2) is 0 Å². The minimum absolute atomic E-state index is 0.0224. The molecular weight excluding hydrogens is 625 g/mol. The van der Waals surface area contributed by atoms with Gasteiger partial charge in [0.15, 0.2) is 12.5 Å². The van der Waals surface area contributed by atoms with Crippen molar-refractivity contribution in [3.05, 3.63) is 160 Å². The van der Waals surface area contributed by atoms with Crippen molar-refractivity contribution in [1.29, 1.82) is 0 Å². The number of rotatable bonds is 9. The van der Waals surface area contributed by atoms with Crippen molar-refractivity contribution in [2.45, 2.75) is 43.6 Å². The number of hydrogen-bond donors (Lipinski definition) is 1. The molecule has 1 saturated heterocycles. The molecule has 7 rings (SSSR count). The summed E-state index contributed by atoms with van der Waals surface area (Å²) in [6.07, 6.45) is 0.325. The van der Waals surface area contributed by atoms with Gasteiger partial charge in [-0.1, -0.05) is 104 Å². The molecule has 0 saturated carbocycles. The summed E-state index contributed by atoms with van der Waals surface area (Å²) in [5.74, 6) is -0.0351. The van der Waals surface area contributed by atoms with Crippen LogP contribution in [0.1, 0.15) is 62.3 Å². The summed E-state index contributed by atoms with van der Waals surface area (Å²) in [5, 5.41) is 22.5. The van der Waals surface area contributed by atoms with E-state index in [0.717, 1.165) is 38.1 Å². The van der Waals surface area contributed by atoms with Crippen LogP contribution in [0.25, 0.3) is 11.1 Å². The maximum atomic E-state index is 13.1. The third kappa shape index (κ3) is 6.25. The molecule has 0 aliphatic carbocycles. The van der Waals surface area contributed by atoms with Gasteiger partial charge >= 0.3 is 0 Å². The summed E-state index contributed by atoms with van der Waals surface area (Å²) in [5.41, 5.74) is 6.23. The molecule has 1 fully saturated rings. The van der Waals surface area contributed by atoms with Crippen molar-refractivity contribution >= 4 is 23.6 Å². The zero-order valence-electron chi connectivity index (χ0n) is 26.3. The summed E-state index contributed by atoms with van der Waals surface area (Å²) < 4.78 is 14.1. The van der Waals surface area contributed by atoms with Crippen molar-refractivity contribution in [2.75, 3.05) is 5.75 Å². The van der Waals surface area contributed by atoms with Crippen LogP contribution in [0, 0.1) is 11.1 Å². The molecule has 0 spiro atoms. The van der Waals surface area contributed by atoms with Gasteiger partial charge in [-0.15, -0.1) is 0 Å². The first-order valence-electron chi connectivity index (χ1n) is 15.9. The van der Waals surface area contributed by atoms with Gasteiger partial charge in [0.05, 0.1) is 36.5 Å². The fourth-order valence-electron chi connectivity index (χ4n) is 6.31. The van der Waals surface area contributed by atoms with E-state index in [9.17, 15) is 19.9 Å². The van der Waals surface area contributed by atoms with Crippen LogP contribution in [0.5, 0.6) is 0 Å². The van der Waals surface area contributed by atoms with Gasteiger partial charge in [-0.2, -0.15) is 4.73 Å². The number of fused-ring (bicyclic) bond motifs is 1. The molecule has 242 valence electrons. The number of benzene rings is 4. The van der Waals surface area contributed by atoms with E-state index in [1.807, 2.05) is 78.9 Å². The number of thioether (sulfide) groups is 1. The van der Waals surface area contributed by atoms with Crippen LogP contribution >= 0.6 is 11.8 Å². The molecule has 2 aliphatic rings. The normalized spacial score (nSPS) is 20.6. The standard InChI is InChI=1S/C39H34N2O6S/c1-25-34(24-48-35-12-6-7-21-41(35)45)46-39(47-36(25)28-15-13-26(23-42)14-16-28)29-19-17-27(18-20-29)31-9-3-2-8-30(31)22-40-37(43)32-10-4-5-11-33(32)38(40)44/h2-21,25,34,36,39,42H,22-24H2,1H3. The Morgan fingerprint density at radius 3 is 2.06 bits per heavy atom. The highest BCUT2D eigenvalue weighted by atomic mass is 32.2. The van der Waals surface area contributed by atoms with Crippen LogP contribution in [-0.2, 0) is 22.6 Å². The van der Waals surface area contributed by atoms with Crippen LogP contribution in [0.2, 0.25) is 0 Å². The number of imide groups is 1. The minimum atomic E-state index is -0.660. The lowest BCUT2D eigenvalue weighted by molar-refractivity contribution is -0.645. The third-order valence-corrected chi connectivity index (χ3v) is 10.1. The Labute approximate surface area is 283 Å². The molecule has 4 atom stereocenters. The number of amides is 2.